The zero-order valence-corrected chi connectivity index (χ0v) is 11.6. The first-order valence-electron chi connectivity index (χ1n) is 7.24. The van der Waals surface area contributed by atoms with Crippen molar-refractivity contribution >= 4 is 11.0 Å². The molecule has 2 aliphatic rings. The molecule has 4 heterocycles. The minimum atomic E-state index is 0.612. The quantitative estimate of drug-likeness (QED) is 0.786. The largest absolute Gasteiger partial charge is 0.325 e. The maximum Gasteiger partial charge on any atom is 0.107 e. The van der Waals surface area contributed by atoms with Crippen molar-refractivity contribution < 1.29 is 0 Å². The molecular weight excluding hydrogens is 236 g/mol. The number of nitrogens with zero attached hydrogens (tertiary/aromatic N) is 4. The van der Waals surface area contributed by atoms with Gasteiger partial charge in [0.25, 0.3) is 0 Å². The van der Waals surface area contributed by atoms with E-state index in [-0.39, 0.29) is 0 Å². The first kappa shape index (κ1) is 11.4. The van der Waals surface area contributed by atoms with Crippen LogP contribution in [0.3, 0.4) is 0 Å². The van der Waals surface area contributed by atoms with Gasteiger partial charge in [-0.25, -0.2) is 4.98 Å². The average Bonchev–Trinajstić information content (AvgIpc) is 2.82. The molecule has 1 unspecified atom stereocenters. The highest BCUT2D eigenvalue weighted by atomic mass is 15.2. The van der Waals surface area contributed by atoms with Gasteiger partial charge in [0.15, 0.2) is 0 Å². The van der Waals surface area contributed by atoms with Crippen molar-refractivity contribution in [2.75, 3.05) is 7.05 Å². The lowest BCUT2D eigenvalue weighted by molar-refractivity contribution is 0.138. The van der Waals surface area contributed by atoms with E-state index in [0.717, 1.165) is 23.4 Å². The first-order chi connectivity index (χ1) is 9.24. The van der Waals surface area contributed by atoms with Crippen LogP contribution in [-0.4, -0.2) is 38.6 Å². The van der Waals surface area contributed by atoms with Crippen molar-refractivity contribution in [2.24, 2.45) is 0 Å². The molecule has 2 saturated heterocycles. The summed E-state index contributed by atoms with van der Waals surface area (Å²) in [5, 5.41) is 0. The molecule has 4 heteroatoms. The number of hydrogen-bond donors (Lipinski definition) is 0. The van der Waals surface area contributed by atoms with Gasteiger partial charge in [-0.05, 0) is 45.7 Å². The van der Waals surface area contributed by atoms with Gasteiger partial charge in [-0.2, -0.15) is 0 Å². The zero-order chi connectivity index (χ0) is 13.0. The fourth-order valence-corrected chi connectivity index (χ4v) is 4.13. The Labute approximate surface area is 113 Å². The van der Waals surface area contributed by atoms with E-state index in [9.17, 15) is 0 Å². The summed E-state index contributed by atoms with van der Waals surface area (Å²) in [4.78, 5) is 11.4. The topological polar surface area (TPSA) is 34.0 Å². The normalized spacial score (nSPS) is 31.2. The van der Waals surface area contributed by atoms with Crippen LogP contribution in [0.1, 0.15) is 37.5 Å². The van der Waals surface area contributed by atoms with Crippen LogP contribution in [0, 0.1) is 6.92 Å². The molecule has 0 spiro atoms. The molecule has 2 aliphatic heterocycles. The number of fused-ring (bicyclic) bond motifs is 3. The van der Waals surface area contributed by atoms with Crippen molar-refractivity contribution in [3.05, 3.63) is 24.3 Å². The van der Waals surface area contributed by atoms with Gasteiger partial charge in [-0.15, -0.1) is 0 Å². The van der Waals surface area contributed by atoms with Crippen molar-refractivity contribution in [3.8, 4) is 0 Å². The SMILES string of the molecule is Cc1nc2cnccc2n1C1C[C@H]2CC[C@@H](C1)N2C. The molecule has 100 valence electrons. The second-order valence-corrected chi connectivity index (χ2v) is 6.07. The van der Waals surface area contributed by atoms with Crippen molar-refractivity contribution in [1.82, 2.24) is 19.4 Å². The summed E-state index contributed by atoms with van der Waals surface area (Å²) in [6.45, 7) is 2.13. The van der Waals surface area contributed by atoms with Gasteiger partial charge in [-0.3, -0.25) is 4.98 Å². The molecule has 0 aromatic carbocycles. The molecular formula is C15H20N4. The molecule has 3 atom stereocenters. The number of aromatic nitrogens is 3. The molecule has 2 fully saturated rings. The maximum atomic E-state index is 4.66. The van der Waals surface area contributed by atoms with E-state index in [4.69, 9.17) is 0 Å². The van der Waals surface area contributed by atoms with Crippen molar-refractivity contribution in [3.63, 3.8) is 0 Å². The molecule has 19 heavy (non-hydrogen) atoms. The number of piperidine rings is 1. The van der Waals surface area contributed by atoms with Gasteiger partial charge in [0, 0.05) is 24.3 Å². The first-order valence-corrected chi connectivity index (χ1v) is 7.24. The Hall–Kier alpha value is -1.42. The Kier molecular flexibility index (Phi) is 2.42. The number of pyridine rings is 1. The van der Waals surface area contributed by atoms with E-state index in [1.807, 2.05) is 12.4 Å². The molecule has 4 rings (SSSR count). The highest BCUT2D eigenvalue weighted by Gasteiger charge is 2.39. The van der Waals surface area contributed by atoms with E-state index in [1.54, 1.807) is 0 Å². The van der Waals surface area contributed by atoms with Gasteiger partial charge in [-0.1, -0.05) is 0 Å². The lowest BCUT2D eigenvalue weighted by Crippen LogP contribution is -2.40. The van der Waals surface area contributed by atoms with E-state index < -0.39 is 0 Å². The van der Waals surface area contributed by atoms with E-state index in [1.165, 1.54) is 31.2 Å². The molecule has 4 nitrogen and oxygen atoms in total. The summed E-state index contributed by atoms with van der Waals surface area (Å²) < 4.78 is 2.45. The minimum Gasteiger partial charge on any atom is -0.325 e. The monoisotopic (exact) mass is 256 g/mol. The summed E-state index contributed by atoms with van der Waals surface area (Å²) in [5.41, 5.74) is 2.28. The number of rotatable bonds is 1. The Morgan fingerprint density at radius 3 is 2.63 bits per heavy atom. The summed E-state index contributed by atoms with van der Waals surface area (Å²) in [6.07, 6.45) is 9.02. The third kappa shape index (κ3) is 1.62. The van der Waals surface area contributed by atoms with E-state index in [0.29, 0.717) is 6.04 Å². The van der Waals surface area contributed by atoms with E-state index >= 15 is 0 Å². The lowest BCUT2D eigenvalue weighted by atomic mass is 9.97. The van der Waals surface area contributed by atoms with Crippen LogP contribution in [0.4, 0.5) is 0 Å². The predicted octanol–water partition coefficient (Wildman–Crippen LogP) is 2.54. The second kappa shape index (κ2) is 4.04. The fraction of sp³-hybridized carbons (Fsp3) is 0.600. The van der Waals surface area contributed by atoms with Gasteiger partial charge >= 0.3 is 0 Å². The molecule has 0 saturated carbocycles. The molecule has 0 amide bonds. The van der Waals surface area contributed by atoms with Gasteiger partial charge in [0.2, 0.25) is 0 Å². The Balaban J connectivity index is 1.77. The third-order valence-corrected chi connectivity index (χ3v) is 5.11. The van der Waals surface area contributed by atoms with Crippen LogP contribution in [0.5, 0.6) is 0 Å². The Morgan fingerprint density at radius 2 is 1.89 bits per heavy atom. The van der Waals surface area contributed by atoms with Crippen LogP contribution >= 0.6 is 0 Å². The summed E-state index contributed by atoms with van der Waals surface area (Å²) in [6, 6.07) is 4.25. The van der Waals surface area contributed by atoms with Gasteiger partial charge in [0.1, 0.15) is 11.3 Å². The minimum absolute atomic E-state index is 0.612. The van der Waals surface area contributed by atoms with Crippen LogP contribution in [0.25, 0.3) is 11.0 Å². The molecule has 2 aromatic heterocycles. The highest BCUT2D eigenvalue weighted by Crippen LogP contribution is 2.41. The van der Waals surface area contributed by atoms with Gasteiger partial charge < -0.3 is 9.47 Å². The average molecular weight is 256 g/mol. The van der Waals surface area contributed by atoms with Crippen LogP contribution < -0.4 is 0 Å². The predicted molar refractivity (Wildman–Crippen MR) is 75.1 cm³/mol. The number of aryl methyl sites for hydroxylation is 1. The van der Waals surface area contributed by atoms with Gasteiger partial charge in [0.05, 0.1) is 11.7 Å². The van der Waals surface area contributed by atoms with Crippen LogP contribution in [0.2, 0.25) is 0 Å². The van der Waals surface area contributed by atoms with Crippen LogP contribution in [0.15, 0.2) is 18.5 Å². The molecule has 0 radical (unpaired) electrons. The fourth-order valence-electron chi connectivity index (χ4n) is 4.13. The third-order valence-electron chi connectivity index (χ3n) is 5.11. The summed E-state index contributed by atoms with van der Waals surface area (Å²) >= 11 is 0. The van der Waals surface area contributed by atoms with Crippen LogP contribution in [-0.2, 0) is 0 Å². The smallest absolute Gasteiger partial charge is 0.107 e. The molecule has 2 aromatic rings. The Bertz CT molecular complexity index is 604. The van der Waals surface area contributed by atoms with E-state index in [2.05, 4.69) is 39.5 Å². The van der Waals surface area contributed by atoms with Crippen molar-refractivity contribution in [1.29, 1.82) is 0 Å². The zero-order valence-electron chi connectivity index (χ0n) is 11.6. The summed E-state index contributed by atoms with van der Waals surface area (Å²) in [5.74, 6) is 1.14. The maximum absolute atomic E-state index is 4.66. The molecule has 0 aliphatic carbocycles. The number of hydrogen-bond acceptors (Lipinski definition) is 3. The lowest BCUT2D eigenvalue weighted by Gasteiger charge is -2.37. The molecule has 2 bridgehead atoms. The second-order valence-electron chi connectivity index (χ2n) is 6.07. The highest BCUT2D eigenvalue weighted by molar-refractivity contribution is 5.74. The summed E-state index contributed by atoms with van der Waals surface area (Å²) in [7, 11) is 2.29. The number of imidazole rings is 1. The Morgan fingerprint density at radius 1 is 1.16 bits per heavy atom. The standard InChI is InChI=1S/C15H20N4/c1-10-17-14-9-16-6-5-15(14)19(10)13-7-11-3-4-12(8-13)18(11)2/h5-6,9,11-13H,3-4,7-8H2,1-2H3/t11-,12+,13?. The van der Waals surface area contributed by atoms with Crippen molar-refractivity contribution in [2.45, 2.75) is 50.7 Å². The molecule has 0 N–H and O–H groups in total.